The van der Waals surface area contributed by atoms with Crippen LogP contribution >= 0.6 is 0 Å². The van der Waals surface area contributed by atoms with E-state index in [-0.39, 0.29) is 0 Å². The van der Waals surface area contributed by atoms with Gasteiger partial charge in [0.05, 0.1) is 22.1 Å². The lowest BCUT2D eigenvalue weighted by Gasteiger charge is -2.26. The molecule has 0 unspecified atom stereocenters. The molecule has 0 saturated heterocycles. The Morgan fingerprint density at radius 3 is 2.59 bits per heavy atom. The molecule has 9 nitrogen and oxygen atoms in total. The number of hydrogen-bond donors (Lipinski definition) is 0. The topological polar surface area (TPSA) is 103 Å². The summed E-state index contributed by atoms with van der Waals surface area (Å²) in [5, 5.41) is 7.70. The van der Waals surface area contributed by atoms with Gasteiger partial charge in [0.1, 0.15) is 17.6 Å². The number of fused-ring (bicyclic) bond motifs is 1. The first kappa shape index (κ1) is 17.6. The van der Waals surface area contributed by atoms with Crippen molar-refractivity contribution in [2.45, 2.75) is 17.7 Å². The third kappa shape index (κ3) is 3.19. The highest BCUT2D eigenvalue weighted by atomic mass is 32.2. The smallest absolute Gasteiger partial charge is 0.227 e. The van der Waals surface area contributed by atoms with Crippen molar-refractivity contribution >= 4 is 22.3 Å². The van der Waals surface area contributed by atoms with Crippen molar-refractivity contribution in [3.63, 3.8) is 0 Å². The standard InChI is InChI=1S/C19H16N8OS/c1-2-13-9-20-17(21-10-13)14-3-6-26(7-4-14)19-24-15-5-8-29(28)16(15)18(25-19)27-11-22-23-12-27/h1,3,9-12H,4-8H2/t29-/m1/s1. The molecule has 5 rings (SSSR count). The van der Waals surface area contributed by atoms with E-state index in [4.69, 9.17) is 16.4 Å². The molecule has 29 heavy (non-hydrogen) atoms. The van der Waals surface area contributed by atoms with E-state index in [2.05, 4.69) is 37.1 Å². The molecule has 3 aromatic heterocycles. The number of rotatable bonds is 3. The van der Waals surface area contributed by atoms with Gasteiger partial charge in [-0.1, -0.05) is 12.0 Å². The summed E-state index contributed by atoms with van der Waals surface area (Å²) < 4.78 is 14.1. The zero-order valence-electron chi connectivity index (χ0n) is 15.4. The Balaban J connectivity index is 1.45. The fraction of sp³-hybridized carbons (Fsp3) is 0.263. The molecule has 144 valence electrons. The van der Waals surface area contributed by atoms with Gasteiger partial charge >= 0.3 is 0 Å². The monoisotopic (exact) mass is 404 g/mol. The van der Waals surface area contributed by atoms with Crippen LogP contribution in [-0.2, 0) is 17.2 Å². The average Bonchev–Trinajstić information content (AvgIpc) is 3.44. The van der Waals surface area contributed by atoms with Crippen LogP contribution in [0.2, 0.25) is 0 Å². The minimum atomic E-state index is -1.10. The van der Waals surface area contributed by atoms with Crippen molar-refractivity contribution in [2.24, 2.45) is 0 Å². The van der Waals surface area contributed by atoms with E-state index in [1.807, 2.05) is 0 Å². The Morgan fingerprint density at radius 1 is 1.10 bits per heavy atom. The lowest BCUT2D eigenvalue weighted by atomic mass is 10.1. The summed E-state index contributed by atoms with van der Waals surface area (Å²) in [6, 6.07) is 0. The quantitative estimate of drug-likeness (QED) is 0.590. The first-order chi connectivity index (χ1) is 14.2. The second-order valence-electron chi connectivity index (χ2n) is 6.66. The number of nitrogens with zero attached hydrogens (tertiary/aromatic N) is 8. The van der Waals surface area contributed by atoms with Gasteiger partial charge in [0.2, 0.25) is 5.95 Å². The lowest BCUT2D eigenvalue weighted by Crippen LogP contribution is -2.31. The third-order valence-corrected chi connectivity index (χ3v) is 6.37. The largest absolute Gasteiger partial charge is 0.337 e. The van der Waals surface area contributed by atoms with Gasteiger partial charge in [0.15, 0.2) is 11.6 Å². The van der Waals surface area contributed by atoms with Gasteiger partial charge < -0.3 is 4.90 Å². The molecule has 0 spiro atoms. The fourth-order valence-corrected chi connectivity index (χ4v) is 4.76. The SMILES string of the molecule is C#Cc1cnc(C2=CCN(c3nc4c(c(-n5cnnc5)n3)[S@](=O)CC4)CC2)nc1. The summed E-state index contributed by atoms with van der Waals surface area (Å²) in [6.07, 6.45) is 15.3. The third-order valence-electron chi connectivity index (χ3n) is 4.92. The maximum Gasteiger partial charge on any atom is 0.227 e. The number of terminal acetylenes is 1. The van der Waals surface area contributed by atoms with Gasteiger partial charge in [-0.15, -0.1) is 16.6 Å². The molecule has 2 aliphatic heterocycles. The summed E-state index contributed by atoms with van der Waals surface area (Å²) in [7, 11) is -1.10. The van der Waals surface area contributed by atoms with Crippen molar-refractivity contribution in [3.8, 4) is 18.2 Å². The second-order valence-corrected chi connectivity index (χ2v) is 8.16. The van der Waals surface area contributed by atoms with E-state index in [0.29, 0.717) is 46.8 Å². The molecule has 0 saturated carbocycles. The zero-order chi connectivity index (χ0) is 19.8. The summed E-state index contributed by atoms with van der Waals surface area (Å²) in [5.74, 6) is 4.99. The molecule has 5 heterocycles. The first-order valence-electron chi connectivity index (χ1n) is 9.10. The van der Waals surface area contributed by atoms with Crippen molar-refractivity contribution < 1.29 is 4.21 Å². The molecule has 0 bridgehead atoms. The molecule has 3 aromatic rings. The second kappa shape index (κ2) is 7.18. The number of aryl methyl sites for hydroxylation is 1. The minimum absolute atomic E-state index is 0.567. The van der Waals surface area contributed by atoms with Crippen LogP contribution in [0.15, 0.2) is 36.0 Å². The first-order valence-corrected chi connectivity index (χ1v) is 10.4. The van der Waals surface area contributed by atoms with Crippen LogP contribution in [0, 0.1) is 12.3 Å². The molecule has 1 atom stereocenters. The fourth-order valence-electron chi connectivity index (χ4n) is 3.41. The van der Waals surface area contributed by atoms with Gasteiger partial charge in [0, 0.05) is 37.7 Å². The predicted octanol–water partition coefficient (Wildman–Crippen LogP) is 0.786. The van der Waals surface area contributed by atoms with Crippen molar-refractivity contribution in [3.05, 3.63) is 48.2 Å². The van der Waals surface area contributed by atoms with Gasteiger partial charge in [-0.05, 0) is 12.0 Å². The van der Waals surface area contributed by atoms with Gasteiger partial charge in [0.25, 0.3) is 0 Å². The summed E-state index contributed by atoms with van der Waals surface area (Å²) in [6.45, 7) is 1.37. The molecule has 0 aromatic carbocycles. The molecular weight excluding hydrogens is 388 g/mol. The number of anilines is 1. The van der Waals surface area contributed by atoms with E-state index >= 15 is 0 Å². The molecule has 2 aliphatic rings. The molecule has 0 aliphatic carbocycles. The van der Waals surface area contributed by atoms with Crippen molar-refractivity contribution in [1.82, 2.24) is 34.7 Å². The van der Waals surface area contributed by atoms with Crippen LogP contribution < -0.4 is 4.90 Å². The molecule has 0 fully saturated rings. The van der Waals surface area contributed by atoms with E-state index in [1.54, 1.807) is 29.6 Å². The number of hydrogen-bond acceptors (Lipinski definition) is 8. The van der Waals surface area contributed by atoms with Crippen molar-refractivity contribution in [2.75, 3.05) is 23.7 Å². The van der Waals surface area contributed by atoms with E-state index in [1.165, 1.54) is 0 Å². The highest BCUT2D eigenvalue weighted by Gasteiger charge is 2.28. The highest BCUT2D eigenvalue weighted by Crippen LogP contribution is 2.30. The summed E-state index contributed by atoms with van der Waals surface area (Å²) in [4.78, 5) is 20.9. The van der Waals surface area contributed by atoms with Crippen LogP contribution in [0.25, 0.3) is 11.4 Å². The zero-order valence-corrected chi connectivity index (χ0v) is 16.2. The highest BCUT2D eigenvalue weighted by molar-refractivity contribution is 7.85. The van der Waals surface area contributed by atoms with E-state index in [9.17, 15) is 4.21 Å². The molecular formula is C19H16N8OS. The van der Waals surface area contributed by atoms with E-state index in [0.717, 1.165) is 24.2 Å². The summed E-state index contributed by atoms with van der Waals surface area (Å²) >= 11 is 0. The average molecular weight is 404 g/mol. The Labute approximate surface area is 169 Å². The van der Waals surface area contributed by atoms with Crippen LogP contribution in [0.5, 0.6) is 0 Å². The van der Waals surface area contributed by atoms with Gasteiger partial charge in [-0.2, -0.15) is 4.98 Å². The molecule has 0 radical (unpaired) electrons. The Morgan fingerprint density at radius 2 is 1.90 bits per heavy atom. The molecule has 10 heteroatoms. The Bertz CT molecular complexity index is 1160. The maximum atomic E-state index is 12.4. The number of aromatic nitrogens is 7. The Kier molecular flexibility index (Phi) is 4.37. The maximum absolute atomic E-state index is 12.4. The molecule has 0 amide bonds. The van der Waals surface area contributed by atoms with Crippen LogP contribution in [0.1, 0.15) is 23.5 Å². The van der Waals surface area contributed by atoms with Gasteiger partial charge in [-0.3, -0.25) is 8.78 Å². The Hall–Kier alpha value is -3.45. The lowest BCUT2D eigenvalue weighted by molar-refractivity contribution is 0.684. The molecule has 0 N–H and O–H groups in total. The normalized spacial score (nSPS) is 18.2. The minimum Gasteiger partial charge on any atom is -0.337 e. The van der Waals surface area contributed by atoms with Crippen LogP contribution in [-0.4, -0.2) is 57.8 Å². The van der Waals surface area contributed by atoms with Gasteiger partial charge in [-0.25, -0.2) is 15.0 Å². The summed E-state index contributed by atoms with van der Waals surface area (Å²) in [5.41, 5.74) is 2.57. The van der Waals surface area contributed by atoms with Crippen LogP contribution in [0.3, 0.4) is 0 Å². The van der Waals surface area contributed by atoms with Crippen molar-refractivity contribution in [1.29, 1.82) is 0 Å². The predicted molar refractivity (Wildman–Crippen MR) is 107 cm³/mol. The van der Waals surface area contributed by atoms with Crippen LogP contribution in [0.4, 0.5) is 5.95 Å². The van der Waals surface area contributed by atoms with E-state index < -0.39 is 10.8 Å².